The van der Waals surface area contributed by atoms with Crippen LogP contribution in [-0.4, -0.2) is 30.8 Å². The minimum Gasteiger partial charge on any atom is -0.383 e. The van der Waals surface area contributed by atoms with Gasteiger partial charge in [-0.1, -0.05) is 5.16 Å². The van der Waals surface area contributed by atoms with Gasteiger partial charge in [0.05, 0.1) is 6.61 Å². The van der Waals surface area contributed by atoms with Crippen LogP contribution in [0.4, 0.5) is 0 Å². The Morgan fingerprint density at radius 3 is 3.12 bits per heavy atom. The number of carbonyl (C=O) groups is 1. The highest BCUT2D eigenvalue weighted by Gasteiger charge is 2.29. The van der Waals surface area contributed by atoms with Crippen LogP contribution in [0.15, 0.2) is 10.6 Å². The smallest absolute Gasteiger partial charge is 0.273 e. The van der Waals surface area contributed by atoms with E-state index in [2.05, 4.69) is 10.5 Å². The molecular weight excluding hydrogens is 208 g/mol. The maximum absolute atomic E-state index is 11.7. The molecule has 0 spiro atoms. The fourth-order valence-corrected chi connectivity index (χ4v) is 1.55. The first kappa shape index (κ1) is 11.1. The van der Waals surface area contributed by atoms with Crippen LogP contribution in [0.2, 0.25) is 0 Å². The molecule has 1 aliphatic carbocycles. The van der Waals surface area contributed by atoms with E-state index in [1.807, 2.05) is 6.92 Å². The SMILES string of the molecule is COC[C@H](C)NC(=O)c1cc(C2CC2)on1. The number of methoxy groups -OCH3 is 1. The van der Waals surface area contributed by atoms with Crippen molar-refractivity contribution in [1.82, 2.24) is 10.5 Å². The summed E-state index contributed by atoms with van der Waals surface area (Å²) in [5, 5.41) is 6.55. The summed E-state index contributed by atoms with van der Waals surface area (Å²) in [6.45, 7) is 2.36. The Hall–Kier alpha value is -1.36. The van der Waals surface area contributed by atoms with E-state index in [0.29, 0.717) is 18.2 Å². The van der Waals surface area contributed by atoms with Gasteiger partial charge in [0.15, 0.2) is 5.69 Å². The summed E-state index contributed by atoms with van der Waals surface area (Å²) in [6, 6.07) is 1.70. The molecule has 0 bridgehead atoms. The average Bonchev–Trinajstić information content (AvgIpc) is 2.96. The van der Waals surface area contributed by atoms with E-state index in [4.69, 9.17) is 9.26 Å². The zero-order valence-electron chi connectivity index (χ0n) is 9.53. The summed E-state index contributed by atoms with van der Waals surface area (Å²) in [5.74, 6) is 1.09. The molecule has 0 radical (unpaired) electrons. The van der Waals surface area contributed by atoms with Crippen molar-refractivity contribution in [1.29, 1.82) is 0 Å². The van der Waals surface area contributed by atoms with Gasteiger partial charge in [0.2, 0.25) is 0 Å². The molecule has 2 rings (SSSR count). The molecule has 1 atom stereocenters. The Bertz CT molecular complexity index is 371. The van der Waals surface area contributed by atoms with E-state index in [-0.39, 0.29) is 11.9 Å². The van der Waals surface area contributed by atoms with Gasteiger partial charge in [-0.25, -0.2) is 0 Å². The lowest BCUT2D eigenvalue weighted by Crippen LogP contribution is -2.35. The molecule has 1 aromatic heterocycles. The summed E-state index contributed by atoms with van der Waals surface area (Å²) in [5.41, 5.74) is 0.352. The molecule has 88 valence electrons. The highest BCUT2D eigenvalue weighted by Crippen LogP contribution is 2.40. The quantitative estimate of drug-likeness (QED) is 0.819. The highest BCUT2D eigenvalue weighted by molar-refractivity contribution is 5.92. The van der Waals surface area contributed by atoms with E-state index in [9.17, 15) is 4.79 Å². The maximum atomic E-state index is 11.7. The predicted molar refractivity (Wildman–Crippen MR) is 57.3 cm³/mol. The minimum atomic E-state index is -0.208. The molecule has 0 unspecified atom stereocenters. The summed E-state index contributed by atoms with van der Waals surface area (Å²) in [6.07, 6.45) is 2.27. The Kier molecular flexibility index (Phi) is 3.24. The number of nitrogens with one attached hydrogen (secondary N) is 1. The van der Waals surface area contributed by atoms with Gasteiger partial charge in [-0.05, 0) is 19.8 Å². The number of ether oxygens (including phenoxy) is 1. The second kappa shape index (κ2) is 4.65. The first-order valence-corrected chi connectivity index (χ1v) is 5.47. The van der Waals surface area contributed by atoms with Crippen molar-refractivity contribution in [3.63, 3.8) is 0 Å². The van der Waals surface area contributed by atoms with Crippen LogP contribution in [0.25, 0.3) is 0 Å². The standard InChI is InChI=1S/C11H16N2O3/c1-7(6-15-2)12-11(14)9-5-10(16-13-9)8-3-4-8/h5,7-8H,3-4,6H2,1-2H3,(H,12,14)/t7-/m0/s1. The van der Waals surface area contributed by atoms with Crippen LogP contribution in [-0.2, 0) is 4.74 Å². The third-order valence-electron chi connectivity index (χ3n) is 2.53. The minimum absolute atomic E-state index is 0.0291. The first-order chi connectivity index (χ1) is 7.70. The molecule has 1 aliphatic rings. The van der Waals surface area contributed by atoms with Gasteiger partial charge in [0.25, 0.3) is 5.91 Å². The lowest BCUT2D eigenvalue weighted by molar-refractivity contribution is 0.0896. The molecule has 5 heteroatoms. The second-order valence-corrected chi connectivity index (χ2v) is 4.22. The van der Waals surface area contributed by atoms with Gasteiger partial charge >= 0.3 is 0 Å². The zero-order valence-corrected chi connectivity index (χ0v) is 9.53. The van der Waals surface area contributed by atoms with Crippen LogP contribution in [0.5, 0.6) is 0 Å². The molecule has 0 saturated heterocycles. The molecule has 16 heavy (non-hydrogen) atoms. The lowest BCUT2D eigenvalue weighted by Gasteiger charge is -2.10. The van der Waals surface area contributed by atoms with Crippen molar-refractivity contribution >= 4 is 5.91 Å². The third-order valence-corrected chi connectivity index (χ3v) is 2.53. The Labute approximate surface area is 94.1 Å². The molecule has 1 heterocycles. The molecule has 1 N–H and O–H groups in total. The first-order valence-electron chi connectivity index (χ1n) is 5.47. The molecule has 1 amide bonds. The third kappa shape index (κ3) is 2.61. The van der Waals surface area contributed by atoms with Crippen molar-refractivity contribution in [3.05, 3.63) is 17.5 Å². The Morgan fingerprint density at radius 1 is 1.75 bits per heavy atom. The normalized spacial score (nSPS) is 17.1. The summed E-state index contributed by atoms with van der Waals surface area (Å²) < 4.78 is 10.0. The average molecular weight is 224 g/mol. The van der Waals surface area contributed by atoms with Crippen molar-refractivity contribution in [2.45, 2.75) is 31.7 Å². The van der Waals surface area contributed by atoms with Crippen LogP contribution >= 0.6 is 0 Å². The van der Waals surface area contributed by atoms with Crippen molar-refractivity contribution in [2.24, 2.45) is 0 Å². The number of rotatable bonds is 5. The van der Waals surface area contributed by atoms with Crippen molar-refractivity contribution in [2.75, 3.05) is 13.7 Å². The van der Waals surface area contributed by atoms with Gasteiger partial charge in [-0.2, -0.15) is 0 Å². The van der Waals surface area contributed by atoms with Gasteiger partial charge in [0, 0.05) is 25.1 Å². The Morgan fingerprint density at radius 2 is 2.50 bits per heavy atom. The predicted octanol–water partition coefficient (Wildman–Crippen LogP) is 1.32. The zero-order chi connectivity index (χ0) is 11.5. The van der Waals surface area contributed by atoms with Crippen molar-refractivity contribution in [3.8, 4) is 0 Å². The van der Waals surface area contributed by atoms with E-state index in [1.165, 1.54) is 0 Å². The molecule has 0 aliphatic heterocycles. The van der Waals surface area contributed by atoms with E-state index in [1.54, 1.807) is 13.2 Å². The summed E-state index contributed by atoms with van der Waals surface area (Å²) in [4.78, 5) is 11.7. The largest absolute Gasteiger partial charge is 0.383 e. The second-order valence-electron chi connectivity index (χ2n) is 4.22. The van der Waals surface area contributed by atoms with Gasteiger partial charge < -0.3 is 14.6 Å². The molecule has 1 fully saturated rings. The van der Waals surface area contributed by atoms with Crippen LogP contribution in [0.1, 0.15) is 41.9 Å². The molecule has 0 aromatic carbocycles. The lowest BCUT2D eigenvalue weighted by atomic mass is 10.2. The molecule has 5 nitrogen and oxygen atoms in total. The van der Waals surface area contributed by atoms with E-state index < -0.39 is 0 Å². The van der Waals surface area contributed by atoms with E-state index >= 15 is 0 Å². The highest BCUT2D eigenvalue weighted by atomic mass is 16.5. The fraction of sp³-hybridized carbons (Fsp3) is 0.636. The van der Waals surface area contributed by atoms with Crippen molar-refractivity contribution < 1.29 is 14.1 Å². The number of carbonyl (C=O) groups excluding carboxylic acids is 1. The van der Waals surface area contributed by atoms with Crippen LogP contribution in [0.3, 0.4) is 0 Å². The molecule has 1 aromatic rings. The fourth-order valence-electron chi connectivity index (χ4n) is 1.55. The topological polar surface area (TPSA) is 64.4 Å². The number of hydrogen-bond donors (Lipinski definition) is 1. The van der Waals surface area contributed by atoms with Gasteiger partial charge in [-0.3, -0.25) is 4.79 Å². The summed E-state index contributed by atoms with van der Waals surface area (Å²) in [7, 11) is 1.60. The maximum Gasteiger partial charge on any atom is 0.273 e. The molecule has 1 saturated carbocycles. The Balaban J connectivity index is 1.92. The summed E-state index contributed by atoms with van der Waals surface area (Å²) >= 11 is 0. The molecular formula is C11H16N2O3. The number of hydrogen-bond acceptors (Lipinski definition) is 4. The van der Waals surface area contributed by atoms with Gasteiger partial charge in [-0.15, -0.1) is 0 Å². The van der Waals surface area contributed by atoms with Gasteiger partial charge in [0.1, 0.15) is 5.76 Å². The van der Waals surface area contributed by atoms with E-state index in [0.717, 1.165) is 18.6 Å². The number of amides is 1. The van der Waals surface area contributed by atoms with Crippen LogP contribution < -0.4 is 5.32 Å². The number of nitrogens with zero attached hydrogens (tertiary/aromatic N) is 1. The van der Waals surface area contributed by atoms with Crippen LogP contribution in [0, 0.1) is 0 Å². The monoisotopic (exact) mass is 224 g/mol. The number of aromatic nitrogens is 1.